The first-order chi connectivity index (χ1) is 16.2. The first-order valence-corrected chi connectivity index (χ1v) is 11.6. The lowest BCUT2D eigenvalue weighted by Gasteiger charge is -2.27. The molecule has 1 saturated heterocycles. The van der Waals surface area contributed by atoms with E-state index in [0.29, 0.717) is 38.7 Å². The molecule has 0 aromatic heterocycles. The van der Waals surface area contributed by atoms with E-state index in [9.17, 15) is 14.4 Å². The molecule has 0 spiro atoms. The molecule has 6 nitrogen and oxygen atoms in total. The van der Waals surface area contributed by atoms with Gasteiger partial charge in [-0.1, -0.05) is 53.6 Å². The molecule has 172 valence electrons. The van der Waals surface area contributed by atoms with Crippen molar-refractivity contribution in [2.45, 2.75) is 20.5 Å². The zero-order valence-electron chi connectivity index (χ0n) is 18.4. The molecule has 0 bridgehead atoms. The van der Waals surface area contributed by atoms with Crippen LogP contribution in [-0.4, -0.2) is 17.8 Å². The molecule has 4 rings (SSSR count). The van der Waals surface area contributed by atoms with Crippen LogP contribution < -0.4 is 15.0 Å². The lowest BCUT2D eigenvalue weighted by atomic mass is 10.1. The number of ether oxygens (including phenoxy) is 1. The fourth-order valence-corrected chi connectivity index (χ4v) is 4.23. The first kappa shape index (κ1) is 23.7. The maximum atomic E-state index is 13.1. The lowest BCUT2D eigenvalue weighted by molar-refractivity contribution is -0.122. The van der Waals surface area contributed by atoms with Crippen molar-refractivity contribution in [2.24, 2.45) is 0 Å². The molecule has 0 unspecified atom stereocenters. The summed E-state index contributed by atoms with van der Waals surface area (Å²) >= 11 is 9.55. The van der Waals surface area contributed by atoms with Crippen LogP contribution in [0.3, 0.4) is 0 Å². The number of carbonyl (C=O) groups excluding carboxylic acids is 3. The molecule has 8 heteroatoms. The van der Waals surface area contributed by atoms with E-state index in [0.717, 1.165) is 16.0 Å². The number of hydrogen-bond acceptors (Lipinski definition) is 4. The van der Waals surface area contributed by atoms with E-state index in [1.807, 2.05) is 25.1 Å². The third-order valence-electron chi connectivity index (χ3n) is 5.26. The maximum absolute atomic E-state index is 13.1. The number of aryl methyl sites for hydroxylation is 2. The minimum Gasteiger partial charge on any atom is -0.488 e. The minimum atomic E-state index is -0.821. The van der Waals surface area contributed by atoms with Gasteiger partial charge in [-0.15, -0.1) is 0 Å². The van der Waals surface area contributed by atoms with Gasteiger partial charge in [-0.25, -0.2) is 9.69 Å². The predicted molar refractivity (Wildman–Crippen MR) is 135 cm³/mol. The second-order valence-electron chi connectivity index (χ2n) is 7.86. The Balaban J connectivity index is 1.59. The normalized spacial score (nSPS) is 15.0. The van der Waals surface area contributed by atoms with E-state index >= 15 is 0 Å². The van der Waals surface area contributed by atoms with Crippen LogP contribution in [0.4, 0.5) is 10.5 Å². The van der Waals surface area contributed by atoms with Gasteiger partial charge in [0.2, 0.25) is 0 Å². The van der Waals surface area contributed by atoms with Gasteiger partial charge in [-0.3, -0.25) is 14.9 Å². The topological polar surface area (TPSA) is 75.7 Å². The van der Waals surface area contributed by atoms with Crippen LogP contribution in [-0.2, 0) is 16.2 Å². The van der Waals surface area contributed by atoms with Crippen LogP contribution in [0.1, 0.15) is 22.3 Å². The fraction of sp³-hybridized carbons (Fsp3) is 0.115. The number of carbonyl (C=O) groups is 3. The van der Waals surface area contributed by atoms with Crippen molar-refractivity contribution in [1.82, 2.24) is 5.32 Å². The van der Waals surface area contributed by atoms with E-state index in [2.05, 4.69) is 27.3 Å². The van der Waals surface area contributed by atoms with Crippen molar-refractivity contribution < 1.29 is 19.1 Å². The third-order valence-corrected chi connectivity index (χ3v) is 6.11. The van der Waals surface area contributed by atoms with E-state index in [1.54, 1.807) is 37.3 Å². The van der Waals surface area contributed by atoms with Gasteiger partial charge in [0.15, 0.2) is 0 Å². The number of amides is 4. The van der Waals surface area contributed by atoms with Gasteiger partial charge in [-0.2, -0.15) is 0 Å². The summed E-state index contributed by atoms with van der Waals surface area (Å²) in [7, 11) is 0. The molecule has 34 heavy (non-hydrogen) atoms. The molecule has 0 aliphatic carbocycles. The number of imide groups is 2. The van der Waals surface area contributed by atoms with Gasteiger partial charge in [-0.05, 0) is 76.8 Å². The molecule has 1 N–H and O–H groups in total. The van der Waals surface area contributed by atoms with Crippen molar-refractivity contribution in [2.75, 3.05) is 4.90 Å². The SMILES string of the molecule is Cc1cccc(COc2ccc(/C=C3\C(=O)NC(=O)N(c4cc(Cl)ccc4C)C3=O)cc2Br)c1. The number of urea groups is 1. The second-order valence-corrected chi connectivity index (χ2v) is 9.15. The monoisotopic (exact) mass is 538 g/mol. The standard InChI is InChI=1S/C26H20BrClN2O4/c1-15-4-3-5-18(10-15)14-34-23-9-7-17(12-21(23)27)11-20-24(31)29-26(33)30(25(20)32)22-13-19(28)8-6-16(22)2/h3-13H,14H2,1-2H3,(H,29,31,33)/b20-11+. The van der Waals surface area contributed by atoms with Gasteiger partial charge in [0.25, 0.3) is 11.8 Å². The van der Waals surface area contributed by atoms with Crippen LogP contribution >= 0.6 is 27.5 Å². The number of nitrogens with one attached hydrogen (secondary N) is 1. The van der Waals surface area contributed by atoms with E-state index in [4.69, 9.17) is 16.3 Å². The average molecular weight is 540 g/mol. The highest BCUT2D eigenvalue weighted by atomic mass is 79.9. The summed E-state index contributed by atoms with van der Waals surface area (Å²) in [5, 5.41) is 2.59. The molecule has 4 amide bonds. The molecule has 3 aromatic rings. The zero-order chi connectivity index (χ0) is 24.4. The third kappa shape index (κ3) is 5.05. The molecule has 1 aliphatic rings. The Hall–Kier alpha value is -3.42. The van der Waals surface area contributed by atoms with Gasteiger partial charge in [0, 0.05) is 5.02 Å². The Morgan fingerprint density at radius 2 is 1.82 bits per heavy atom. The Morgan fingerprint density at radius 1 is 1.03 bits per heavy atom. The van der Waals surface area contributed by atoms with E-state index in [1.165, 1.54) is 12.1 Å². The molecule has 1 aliphatic heterocycles. The zero-order valence-corrected chi connectivity index (χ0v) is 20.7. The summed E-state index contributed by atoms with van der Waals surface area (Å²) in [6.07, 6.45) is 1.44. The molecule has 1 fully saturated rings. The Bertz CT molecular complexity index is 1350. The van der Waals surface area contributed by atoms with Crippen LogP contribution in [0.15, 0.2) is 70.7 Å². The van der Waals surface area contributed by atoms with Crippen LogP contribution in [0.2, 0.25) is 5.02 Å². The summed E-state index contributed by atoms with van der Waals surface area (Å²) in [5.41, 5.74) is 3.60. The smallest absolute Gasteiger partial charge is 0.335 e. The van der Waals surface area contributed by atoms with Gasteiger partial charge in [0.05, 0.1) is 10.2 Å². The minimum absolute atomic E-state index is 0.167. The summed E-state index contributed by atoms with van der Waals surface area (Å²) < 4.78 is 6.56. The maximum Gasteiger partial charge on any atom is 0.335 e. The van der Waals surface area contributed by atoms with E-state index in [-0.39, 0.29) is 5.57 Å². The van der Waals surface area contributed by atoms with Crippen LogP contribution in [0.5, 0.6) is 5.75 Å². The molecule has 1 heterocycles. The molecule has 0 saturated carbocycles. The highest BCUT2D eigenvalue weighted by molar-refractivity contribution is 9.10. The van der Waals surface area contributed by atoms with Crippen molar-refractivity contribution in [3.63, 3.8) is 0 Å². The number of benzene rings is 3. The fourth-order valence-electron chi connectivity index (χ4n) is 3.55. The quantitative estimate of drug-likeness (QED) is 0.320. The second kappa shape index (κ2) is 9.83. The predicted octanol–water partition coefficient (Wildman–Crippen LogP) is 5.96. The van der Waals surface area contributed by atoms with Gasteiger partial charge >= 0.3 is 6.03 Å². The number of anilines is 1. The number of halogens is 2. The van der Waals surface area contributed by atoms with Gasteiger partial charge in [0.1, 0.15) is 17.9 Å². The highest BCUT2D eigenvalue weighted by Gasteiger charge is 2.37. The summed E-state index contributed by atoms with van der Waals surface area (Å²) in [5.74, 6) is -0.869. The number of rotatable bonds is 5. The Morgan fingerprint density at radius 3 is 2.56 bits per heavy atom. The summed E-state index contributed by atoms with van der Waals surface area (Å²) in [4.78, 5) is 39.0. The van der Waals surface area contributed by atoms with Crippen molar-refractivity contribution >= 4 is 57.1 Å². The molecule has 3 aromatic carbocycles. The molecule has 0 atom stereocenters. The first-order valence-electron chi connectivity index (χ1n) is 10.4. The molecule has 0 radical (unpaired) electrons. The van der Waals surface area contributed by atoms with Crippen molar-refractivity contribution in [3.05, 3.63) is 98.0 Å². The number of nitrogens with zero attached hydrogens (tertiary/aromatic N) is 1. The summed E-state index contributed by atoms with van der Waals surface area (Å²) in [6.45, 7) is 4.17. The highest BCUT2D eigenvalue weighted by Crippen LogP contribution is 2.30. The van der Waals surface area contributed by atoms with Crippen LogP contribution in [0, 0.1) is 13.8 Å². The van der Waals surface area contributed by atoms with Crippen LogP contribution in [0.25, 0.3) is 6.08 Å². The largest absolute Gasteiger partial charge is 0.488 e. The number of hydrogen-bond donors (Lipinski definition) is 1. The lowest BCUT2D eigenvalue weighted by Crippen LogP contribution is -2.54. The van der Waals surface area contributed by atoms with Gasteiger partial charge < -0.3 is 4.74 Å². The number of barbiturate groups is 1. The van der Waals surface area contributed by atoms with Crippen molar-refractivity contribution in [3.8, 4) is 5.75 Å². The molecular formula is C26H20BrClN2O4. The summed E-state index contributed by atoms with van der Waals surface area (Å²) in [6, 6.07) is 17.3. The molecular weight excluding hydrogens is 520 g/mol. The Kier molecular flexibility index (Phi) is 6.86. The Labute approximate surface area is 210 Å². The average Bonchev–Trinajstić information content (AvgIpc) is 2.78. The van der Waals surface area contributed by atoms with Crippen molar-refractivity contribution in [1.29, 1.82) is 0 Å². The van der Waals surface area contributed by atoms with E-state index < -0.39 is 17.8 Å².